The van der Waals surface area contributed by atoms with E-state index in [4.69, 9.17) is 18.9 Å². The van der Waals surface area contributed by atoms with E-state index in [0.29, 0.717) is 5.75 Å². The summed E-state index contributed by atoms with van der Waals surface area (Å²) in [5.74, 6) is -1.84. The van der Waals surface area contributed by atoms with Gasteiger partial charge in [-0.25, -0.2) is 0 Å². The van der Waals surface area contributed by atoms with Crippen LogP contribution in [0.1, 0.15) is 28.8 Å². The average Bonchev–Trinajstić information content (AvgIpc) is 2.73. The third-order valence-corrected chi connectivity index (χ3v) is 4.17. The zero-order valence-electron chi connectivity index (χ0n) is 16.5. The molecule has 2 rings (SSSR count). The van der Waals surface area contributed by atoms with Gasteiger partial charge in [0.2, 0.25) is 5.75 Å². The number of benzene rings is 2. The second-order valence-electron chi connectivity index (χ2n) is 5.81. The van der Waals surface area contributed by atoms with Crippen molar-refractivity contribution in [1.29, 1.82) is 0 Å². The van der Waals surface area contributed by atoms with E-state index in [-0.39, 0.29) is 34.9 Å². The molecule has 0 spiro atoms. The highest BCUT2D eigenvalue weighted by atomic mass is 16.6. The summed E-state index contributed by atoms with van der Waals surface area (Å²) < 4.78 is 20.8. The molecule has 9 heteroatoms. The molecule has 29 heavy (non-hydrogen) atoms. The van der Waals surface area contributed by atoms with Crippen molar-refractivity contribution in [3.8, 4) is 17.2 Å². The summed E-state index contributed by atoms with van der Waals surface area (Å²) in [6, 6.07) is 8.03. The van der Waals surface area contributed by atoms with Gasteiger partial charge in [-0.2, -0.15) is 0 Å². The summed E-state index contributed by atoms with van der Waals surface area (Å²) in [6.45, 7) is 1.69. The lowest BCUT2D eigenvalue weighted by Crippen LogP contribution is -2.24. The Morgan fingerprint density at radius 3 is 1.97 bits per heavy atom. The lowest BCUT2D eigenvalue weighted by Gasteiger charge is -2.17. The van der Waals surface area contributed by atoms with Crippen LogP contribution in [0.4, 0.5) is 5.69 Å². The molecule has 1 unspecified atom stereocenters. The largest absolute Gasteiger partial charge is 0.493 e. The highest BCUT2D eigenvalue weighted by Gasteiger charge is 2.32. The number of hydrogen-bond donors (Lipinski definition) is 0. The van der Waals surface area contributed by atoms with E-state index in [1.807, 2.05) is 0 Å². The minimum absolute atomic E-state index is 0.0743. The lowest BCUT2D eigenvalue weighted by molar-refractivity contribution is -0.384. The fourth-order valence-electron chi connectivity index (χ4n) is 2.80. The maximum absolute atomic E-state index is 13.2. The van der Waals surface area contributed by atoms with Crippen LogP contribution in [0.15, 0.2) is 36.4 Å². The molecule has 2 aromatic rings. The molecule has 0 bridgehead atoms. The number of Topliss-reactive ketones (excluding diaryl/α,β-unsaturated/α-hetero) is 1. The Balaban J connectivity index is 2.55. The number of methoxy groups -OCH3 is 3. The Morgan fingerprint density at radius 1 is 1.00 bits per heavy atom. The maximum Gasteiger partial charge on any atom is 0.321 e. The molecule has 0 radical (unpaired) electrons. The Hall–Kier alpha value is -3.62. The van der Waals surface area contributed by atoms with Gasteiger partial charge in [-0.15, -0.1) is 0 Å². The van der Waals surface area contributed by atoms with Gasteiger partial charge < -0.3 is 18.9 Å². The fourth-order valence-corrected chi connectivity index (χ4v) is 2.80. The molecule has 1 atom stereocenters. The van der Waals surface area contributed by atoms with Crippen LogP contribution < -0.4 is 14.2 Å². The van der Waals surface area contributed by atoms with Crippen LogP contribution in [0.2, 0.25) is 0 Å². The van der Waals surface area contributed by atoms with Crippen molar-refractivity contribution in [2.75, 3.05) is 27.9 Å². The molecule has 0 saturated carbocycles. The molecule has 0 saturated heterocycles. The van der Waals surface area contributed by atoms with Gasteiger partial charge in [0.25, 0.3) is 5.69 Å². The highest BCUT2D eigenvalue weighted by molar-refractivity contribution is 6.13. The summed E-state index contributed by atoms with van der Waals surface area (Å²) in [5, 5.41) is 10.9. The van der Waals surface area contributed by atoms with Gasteiger partial charge in [-0.05, 0) is 24.6 Å². The molecule has 0 heterocycles. The molecule has 0 aromatic heterocycles. The van der Waals surface area contributed by atoms with E-state index in [1.54, 1.807) is 6.92 Å². The number of ketones is 1. The van der Waals surface area contributed by atoms with Gasteiger partial charge in [0.05, 0.1) is 32.9 Å². The van der Waals surface area contributed by atoms with E-state index in [0.717, 1.165) is 0 Å². The third kappa shape index (κ3) is 4.63. The van der Waals surface area contributed by atoms with Crippen molar-refractivity contribution in [3.05, 3.63) is 57.6 Å². The number of carbonyl (C=O) groups is 2. The van der Waals surface area contributed by atoms with Crippen LogP contribution in [-0.4, -0.2) is 44.6 Å². The normalized spacial score (nSPS) is 11.3. The number of nitro benzene ring substituents is 1. The fraction of sp³-hybridized carbons (Fsp3) is 0.300. The second-order valence-corrected chi connectivity index (χ2v) is 5.81. The monoisotopic (exact) mass is 403 g/mol. The first kappa shape index (κ1) is 21.7. The first-order valence-electron chi connectivity index (χ1n) is 8.63. The Morgan fingerprint density at radius 2 is 1.55 bits per heavy atom. The molecule has 9 nitrogen and oxygen atoms in total. The van der Waals surface area contributed by atoms with Crippen LogP contribution in [0, 0.1) is 10.1 Å². The molecule has 0 fully saturated rings. The summed E-state index contributed by atoms with van der Waals surface area (Å²) >= 11 is 0. The standard InChI is InChI=1S/C20H21NO8/c1-5-29-20(23)17(12-6-8-14(9-7-12)21(24)25)18(22)13-10-15(26-2)19(28-4)16(11-13)27-3/h6-11,17H,5H2,1-4H3. The number of nitrogens with zero attached hydrogens (tertiary/aromatic N) is 1. The van der Waals surface area contributed by atoms with Gasteiger partial charge in [0.15, 0.2) is 17.3 Å². The number of rotatable bonds is 9. The zero-order chi connectivity index (χ0) is 21.6. The summed E-state index contributed by atoms with van der Waals surface area (Å²) in [4.78, 5) is 36.1. The molecule has 0 N–H and O–H groups in total. The summed E-state index contributed by atoms with van der Waals surface area (Å²) in [6.07, 6.45) is 0. The third-order valence-electron chi connectivity index (χ3n) is 4.17. The maximum atomic E-state index is 13.2. The topological polar surface area (TPSA) is 114 Å². The van der Waals surface area contributed by atoms with Gasteiger partial charge in [-0.3, -0.25) is 19.7 Å². The van der Waals surface area contributed by atoms with E-state index in [1.165, 1.54) is 57.7 Å². The molecule has 2 aromatic carbocycles. The van der Waals surface area contributed by atoms with E-state index >= 15 is 0 Å². The van der Waals surface area contributed by atoms with Crippen molar-refractivity contribution in [2.45, 2.75) is 12.8 Å². The molecule has 0 aliphatic heterocycles. The van der Waals surface area contributed by atoms with E-state index in [2.05, 4.69) is 0 Å². The first-order chi connectivity index (χ1) is 13.9. The van der Waals surface area contributed by atoms with Crippen LogP contribution in [0.25, 0.3) is 0 Å². The van der Waals surface area contributed by atoms with Crippen LogP contribution in [0.3, 0.4) is 0 Å². The van der Waals surface area contributed by atoms with Gasteiger partial charge in [-0.1, -0.05) is 12.1 Å². The molecule has 0 aliphatic rings. The molecule has 0 amide bonds. The number of nitro groups is 1. The smallest absolute Gasteiger partial charge is 0.321 e. The van der Waals surface area contributed by atoms with E-state index in [9.17, 15) is 19.7 Å². The minimum atomic E-state index is -1.31. The number of non-ortho nitro benzene ring substituents is 1. The number of ether oxygens (including phenoxy) is 4. The predicted octanol–water partition coefficient (Wildman–Crippen LogP) is 3.15. The lowest BCUT2D eigenvalue weighted by atomic mass is 9.90. The number of hydrogen-bond acceptors (Lipinski definition) is 8. The van der Waals surface area contributed by atoms with Crippen molar-refractivity contribution in [3.63, 3.8) is 0 Å². The Kier molecular flexibility index (Phi) is 7.13. The van der Waals surface area contributed by atoms with Crippen molar-refractivity contribution >= 4 is 17.4 Å². The second kappa shape index (κ2) is 9.54. The molecular weight excluding hydrogens is 382 g/mol. The molecular formula is C20H21NO8. The van der Waals surface area contributed by atoms with Gasteiger partial charge >= 0.3 is 5.97 Å². The average molecular weight is 403 g/mol. The van der Waals surface area contributed by atoms with Crippen molar-refractivity contribution in [2.24, 2.45) is 0 Å². The van der Waals surface area contributed by atoms with Crippen LogP contribution >= 0.6 is 0 Å². The Bertz CT molecular complexity index is 882. The molecule has 154 valence electrons. The molecule has 0 aliphatic carbocycles. The number of carbonyl (C=O) groups excluding carboxylic acids is 2. The highest BCUT2D eigenvalue weighted by Crippen LogP contribution is 2.39. The van der Waals surface area contributed by atoms with Crippen molar-refractivity contribution in [1.82, 2.24) is 0 Å². The minimum Gasteiger partial charge on any atom is -0.493 e. The summed E-state index contributed by atoms with van der Waals surface area (Å²) in [5.41, 5.74) is 0.250. The number of esters is 1. The summed E-state index contributed by atoms with van der Waals surface area (Å²) in [7, 11) is 4.25. The van der Waals surface area contributed by atoms with Crippen LogP contribution in [0.5, 0.6) is 17.2 Å². The quantitative estimate of drug-likeness (QED) is 0.206. The van der Waals surface area contributed by atoms with Gasteiger partial charge in [0.1, 0.15) is 5.92 Å². The van der Waals surface area contributed by atoms with Gasteiger partial charge in [0, 0.05) is 17.7 Å². The predicted molar refractivity (Wildman–Crippen MR) is 103 cm³/mol. The first-order valence-corrected chi connectivity index (χ1v) is 8.63. The Labute approximate surface area is 167 Å². The van der Waals surface area contributed by atoms with Crippen LogP contribution in [-0.2, 0) is 9.53 Å². The SMILES string of the molecule is CCOC(=O)C(C(=O)c1cc(OC)c(OC)c(OC)c1)c1ccc([N+](=O)[O-])cc1. The zero-order valence-corrected chi connectivity index (χ0v) is 16.5. The van der Waals surface area contributed by atoms with Crippen molar-refractivity contribution < 1.29 is 33.5 Å². The van der Waals surface area contributed by atoms with E-state index < -0.39 is 22.6 Å².